The molecule has 0 heterocycles. The summed E-state index contributed by atoms with van der Waals surface area (Å²) in [4.78, 5) is 0. The van der Waals surface area contributed by atoms with Gasteiger partial charge in [-0.3, -0.25) is 0 Å². The van der Waals surface area contributed by atoms with Crippen LogP contribution >= 0.6 is 15.9 Å². The van der Waals surface area contributed by atoms with E-state index in [1.54, 1.807) is 0 Å². The Morgan fingerprint density at radius 3 is 2.52 bits per heavy atom. The van der Waals surface area contributed by atoms with E-state index in [1.807, 2.05) is 0 Å². The lowest BCUT2D eigenvalue weighted by molar-refractivity contribution is 0.718. The van der Waals surface area contributed by atoms with E-state index < -0.39 is 0 Å². The molecule has 21 heavy (non-hydrogen) atoms. The molecule has 0 amide bonds. The zero-order valence-electron chi connectivity index (χ0n) is 12.0. The second-order valence-corrected chi connectivity index (χ2v) is 6.26. The summed E-state index contributed by atoms with van der Waals surface area (Å²) in [6, 6.07) is 21.3. The van der Waals surface area contributed by atoms with E-state index in [4.69, 9.17) is 5.73 Å². The van der Waals surface area contributed by atoms with Crippen molar-refractivity contribution in [3.8, 4) is 0 Å². The summed E-state index contributed by atoms with van der Waals surface area (Å²) in [7, 11) is 0. The minimum absolute atomic E-state index is 0.000405. The molecule has 0 aliphatic carbocycles. The van der Waals surface area contributed by atoms with Crippen molar-refractivity contribution >= 4 is 26.7 Å². The van der Waals surface area contributed by atoms with E-state index in [9.17, 15) is 0 Å². The third-order valence-corrected chi connectivity index (χ3v) is 4.97. The summed E-state index contributed by atoms with van der Waals surface area (Å²) in [5, 5.41) is 2.54. The van der Waals surface area contributed by atoms with Crippen LogP contribution in [-0.2, 0) is 6.42 Å². The molecule has 3 rings (SSSR count). The Balaban J connectivity index is 1.89. The maximum absolute atomic E-state index is 6.41. The first kappa shape index (κ1) is 14.3. The second kappa shape index (κ2) is 6.00. The highest BCUT2D eigenvalue weighted by molar-refractivity contribution is 9.10. The summed E-state index contributed by atoms with van der Waals surface area (Å²) >= 11 is 3.65. The van der Waals surface area contributed by atoms with Gasteiger partial charge >= 0.3 is 0 Å². The van der Waals surface area contributed by atoms with Crippen LogP contribution in [0, 0.1) is 6.92 Å². The van der Waals surface area contributed by atoms with Crippen LogP contribution in [0.25, 0.3) is 10.8 Å². The van der Waals surface area contributed by atoms with Crippen LogP contribution < -0.4 is 5.73 Å². The largest absolute Gasteiger partial charge is 0.324 e. The number of rotatable bonds is 3. The standard InChI is InChI=1S/C19H18BrN/c1-13-5-4-8-17(19(13)20)18(21)12-14-9-10-15-6-2-3-7-16(15)11-14/h2-11,18H,12,21H2,1H3. The van der Waals surface area contributed by atoms with Gasteiger partial charge in [0.15, 0.2) is 0 Å². The first-order valence-corrected chi connectivity index (χ1v) is 7.93. The Kier molecular flexibility index (Phi) is 4.09. The third-order valence-electron chi connectivity index (χ3n) is 3.89. The molecule has 1 atom stereocenters. The molecule has 106 valence electrons. The van der Waals surface area contributed by atoms with Crippen molar-refractivity contribution in [3.63, 3.8) is 0 Å². The van der Waals surface area contributed by atoms with Crippen molar-refractivity contribution in [2.24, 2.45) is 5.73 Å². The number of aryl methyl sites for hydroxylation is 1. The Hall–Kier alpha value is -1.64. The highest BCUT2D eigenvalue weighted by Crippen LogP contribution is 2.28. The van der Waals surface area contributed by atoms with Crippen LogP contribution in [0.2, 0.25) is 0 Å². The lowest BCUT2D eigenvalue weighted by atomic mass is 9.97. The number of halogens is 1. The van der Waals surface area contributed by atoms with Crippen LogP contribution in [0.15, 0.2) is 65.1 Å². The van der Waals surface area contributed by atoms with Crippen molar-refractivity contribution in [3.05, 3.63) is 81.8 Å². The minimum Gasteiger partial charge on any atom is -0.324 e. The van der Waals surface area contributed by atoms with Crippen LogP contribution in [0.5, 0.6) is 0 Å². The fourth-order valence-electron chi connectivity index (χ4n) is 2.69. The number of hydrogen-bond acceptors (Lipinski definition) is 1. The van der Waals surface area contributed by atoms with Gasteiger partial charge in [-0.2, -0.15) is 0 Å². The van der Waals surface area contributed by atoms with E-state index in [0.717, 1.165) is 10.9 Å². The van der Waals surface area contributed by atoms with Gasteiger partial charge in [0, 0.05) is 10.5 Å². The van der Waals surface area contributed by atoms with Crippen molar-refractivity contribution in [2.45, 2.75) is 19.4 Å². The Bertz CT molecular complexity index is 779. The van der Waals surface area contributed by atoms with Crippen molar-refractivity contribution in [1.82, 2.24) is 0 Å². The summed E-state index contributed by atoms with van der Waals surface area (Å²) < 4.78 is 1.12. The second-order valence-electron chi connectivity index (χ2n) is 5.47. The predicted octanol–water partition coefficient (Wildman–Crippen LogP) is 5.15. The molecule has 0 fully saturated rings. The number of nitrogens with two attached hydrogens (primary N) is 1. The molecule has 1 unspecified atom stereocenters. The van der Waals surface area contributed by atoms with Crippen LogP contribution in [0.4, 0.5) is 0 Å². The Labute approximate surface area is 133 Å². The number of benzene rings is 3. The molecule has 2 N–H and O–H groups in total. The molecular weight excluding hydrogens is 322 g/mol. The van der Waals surface area contributed by atoms with Crippen LogP contribution in [0.1, 0.15) is 22.7 Å². The summed E-state index contributed by atoms with van der Waals surface area (Å²) in [6.07, 6.45) is 0.840. The zero-order valence-corrected chi connectivity index (χ0v) is 13.6. The van der Waals surface area contributed by atoms with Gasteiger partial charge in [0.2, 0.25) is 0 Å². The summed E-state index contributed by atoms with van der Waals surface area (Å²) in [5.41, 5.74) is 10.1. The number of hydrogen-bond donors (Lipinski definition) is 1. The molecule has 0 saturated carbocycles. The molecule has 0 bridgehead atoms. The maximum atomic E-state index is 6.41. The molecule has 0 aromatic heterocycles. The molecule has 0 radical (unpaired) electrons. The third kappa shape index (κ3) is 3.02. The molecule has 0 saturated heterocycles. The Morgan fingerprint density at radius 2 is 1.71 bits per heavy atom. The lowest BCUT2D eigenvalue weighted by Gasteiger charge is -2.15. The van der Waals surface area contributed by atoms with E-state index in [1.165, 1.54) is 27.5 Å². The average molecular weight is 340 g/mol. The van der Waals surface area contributed by atoms with E-state index in [2.05, 4.69) is 83.5 Å². The topological polar surface area (TPSA) is 26.0 Å². The van der Waals surface area contributed by atoms with Crippen molar-refractivity contribution in [2.75, 3.05) is 0 Å². The fraction of sp³-hybridized carbons (Fsp3) is 0.158. The van der Waals surface area contributed by atoms with E-state index >= 15 is 0 Å². The van der Waals surface area contributed by atoms with Crippen LogP contribution in [0.3, 0.4) is 0 Å². The van der Waals surface area contributed by atoms with Gasteiger partial charge in [0.25, 0.3) is 0 Å². The van der Waals surface area contributed by atoms with Gasteiger partial charge in [-0.25, -0.2) is 0 Å². The van der Waals surface area contributed by atoms with Gasteiger partial charge < -0.3 is 5.73 Å². The van der Waals surface area contributed by atoms with Gasteiger partial charge in [0.1, 0.15) is 0 Å². The highest BCUT2D eigenvalue weighted by atomic mass is 79.9. The van der Waals surface area contributed by atoms with Gasteiger partial charge in [-0.15, -0.1) is 0 Å². The molecular formula is C19H18BrN. The Morgan fingerprint density at radius 1 is 0.952 bits per heavy atom. The maximum Gasteiger partial charge on any atom is 0.0347 e. The SMILES string of the molecule is Cc1cccc(C(N)Cc2ccc3ccccc3c2)c1Br. The number of fused-ring (bicyclic) bond motifs is 1. The summed E-state index contributed by atoms with van der Waals surface area (Å²) in [5.74, 6) is 0. The molecule has 2 heteroatoms. The molecule has 0 aliphatic rings. The summed E-state index contributed by atoms with van der Waals surface area (Å²) in [6.45, 7) is 2.09. The molecule has 0 spiro atoms. The quantitative estimate of drug-likeness (QED) is 0.701. The van der Waals surface area contributed by atoms with Gasteiger partial charge in [-0.05, 0) is 40.8 Å². The van der Waals surface area contributed by atoms with Gasteiger partial charge in [-0.1, -0.05) is 76.6 Å². The molecule has 1 nitrogen and oxygen atoms in total. The monoisotopic (exact) mass is 339 g/mol. The zero-order chi connectivity index (χ0) is 14.8. The first-order valence-electron chi connectivity index (χ1n) is 7.13. The molecule has 3 aromatic carbocycles. The highest BCUT2D eigenvalue weighted by Gasteiger charge is 2.12. The average Bonchev–Trinajstić information content (AvgIpc) is 2.50. The van der Waals surface area contributed by atoms with Gasteiger partial charge in [0.05, 0.1) is 0 Å². The van der Waals surface area contributed by atoms with Crippen LogP contribution in [-0.4, -0.2) is 0 Å². The first-order chi connectivity index (χ1) is 10.1. The van der Waals surface area contributed by atoms with E-state index in [0.29, 0.717) is 0 Å². The molecule has 3 aromatic rings. The van der Waals surface area contributed by atoms with Crippen molar-refractivity contribution < 1.29 is 0 Å². The normalized spacial score (nSPS) is 12.5. The predicted molar refractivity (Wildman–Crippen MR) is 93.5 cm³/mol. The lowest BCUT2D eigenvalue weighted by Crippen LogP contribution is -2.14. The fourth-order valence-corrected chi connectivity index (χ4v) is 3.24. The molecule has 0 aliphatic heterocycles. The van der Waals surface area contributed by atoms with E-state index in [-0.39, 0.29) is 6.04 Å². The smallest absolute Gasteiger partial charge is 0.0347 e. The minimum atomic E-state index is 0.000405. The van der Waals surface area contributed by atoms with Crippen molar-refractivity contribution in [1.29, 1.82) is 0 Å².